The minimum absolute atomic E-state index is 0.0124. The van der Waals surface area contributed by atoms with Crippen molar-refractivity contribution in [2.75, 3.05) is 5.32 Å². The van der Waals surface area contributed by atoms with Gasteiger partial charge in [-0.3, -0.25) is 15.4 Å². The Kier molecular flexibility index (Phi) is 2.88. The van der Waals surface area contributed by atoms with Crippen LogP contribution >= 0.6 is 11.6 Å². The molecule has 0 aliphatic heterocycles. The van der Waals surface area contributed by atoms with E-state index in [2.05, 4.69) is 0 Å². The molecule has 14 heavy (non-hydrogen) atoms. The highest BCUT2D eigenvalue weighted by molar-refractivity contribution is 6.33. The number of anilines is 1. The first-order valence-electron chi connectivity index (χ1n) is 3.44. The number of nitro groups is 1. The van der Waals surface area contributed by atoms with Gasteiger partial charge in [0.2, 0.25) is 0 Å². The van der Waals surface area contributed by atoms with E-state index in [4.69, 9.17) is 16.7 Å². The number of hydrogen-bond acceptors (Lipinski definition) is 3. The second-order valence-corrected chi connectivity index (χ2v) is 2.76. The molecule has 0 spiro atoms. The summed E-state index contributed by atoms with van der Waals surface area (Å²) >= 11 is 5.59. The van der Waals surface area contributed by atoms with Crippen LogP contribution < -0.4 is 5.32 Å². The summed E-state index contributed by atoms with van der Waals surface area (Å²) in [5.41, 5.74) is -0.0734. The number of benzene rings is 1. The fourth-order valence-corrected chi connectivity index (χ4v) is 1.06. The number of non-ortho nitro benzene ring substituents is 1. The first-order valence-corrected chi connectivity index (χ1v) is 3.82. The van der Waals surface area contributed by atoms with Gasteiger partial charge in [-0.15, -0.1) is 0 Å². The Morgan fingerprint density at radius 3 is 2.64 bits per heavy atom. The van der Waals surface area contributed by atoms with Crippen LogP contribution in [0.5, 0.6) is 0 Å². The molecule has 2 N–H and O–H groups in total. The van der Waals surface area contributed by atoms with Crippen molar-refractivity contribution in [2.45, 2.75) is 0 Å². The zero-order valence-corrected chi connectivity index (χ0v) is 7.49. The topological polar surface area (TPSA) is 92.5 Å². The van der Waals surface area contributed by atoms with Crippen LogP contribution in [0.1, 0.15) is 0 Å². The number of nitro benzene ring substituents is 1. The lowest BCUT2D eigenvalue weighted by molar-refractivity contribution is -0.384. The molecular formula is C7H5ClN2O4. The van der Waals surface area contributed by atoms with Crippen molar-refractivity contribution in [2.24, 2.45) is 0 Å². The summed E-state index contributed by atoms with van der Waals surface area (Å²) in [7, 11) is 0. The lowest BCUT2D eigenvalue weighted by atomic mass is 10.3. The van der Waals surface area contributed by atoms with Gasteiger partial charge in [0.1, 0.15) is 0 Å². The van der Waals surface area contributed by atoms with Crippen LogP contribution in [-0.2, 0) is 0 Å². The molecule has 0 radical (unpaired) electrons. The molecule has 1 rings (SSSR count). The standard InChI is InChI=1S/C7H5ClN2O4/c8-5-3-4(10(13)14)1-2-6(5)9-7(11)12/h1-3,9H,(H,11,12). The van der Waals surface area contributed by atoms with E-state index in [0.717, 1.165) is 12.1 Å². The Balaban J connectivity index is 3.01. The molecule has 0 saturated carbocycles. The number of carbonyl (C=O) groups is 1. The molecule has 0 bridgehead atoms. The molecule has 0 aromatic heterocycles. The van der Waals surface area contributed by atoms with Crippen LogP contribution in [0.25, 0.3) is 0 Å². The molecule has 0 heterocycles. The summed E-state index contributed by atoms with van der Waals surface area (Å²) < 4.78 is 0. The van der Waals surface area contributed by atoms with Crippen molar-refractivity contribution >= 4 is 29.1 Å². The van der Waals surface area contributed by atoms with Gasteiger partial charge >= 0.3 is 6.09 Å². The van der Waals surface area contributed by atoms with Crippen LogP contribution in [0.2, 0.25) is 5.02 Å². The summed E-state index contributed by atoms with van der Waals surface area (Å²) in [5.74, 6) is 0. The normalized spacial score (nSPS) is 9.50. The van der Waals surface area contributed by atoms with Gasteiger partial charge in [-0.1, -0.05) is 11.6 Å². The fourth-order valence-electron chi connectivity index (χ4n) is 0.834. The maximum Gasteiger partial charge on any atom is 0.409 e. The molecule has 6 nitrogen and oxygen atoms in total. The van der Waals surface area contributed by atoms with Gasteiger partial charge in [-0.05, 0) is 6.07 Å². The third kappa shape index (κ3) is 2.33. The third-order valence-corrected chi connectivity index (χ3v) is 1.72. The van der Waals surface area contributed by atoms with Crippen LogP contribution in [0.4, 0.5) is 16.2 Å². The Bertz CT molecular complexity index is 393. The van der Waals surface area contributed by atoms with Crippen molar-refractivity contribution in [3.05, 3.63) is 33.3 Å². The Labute approximate surface area is 83.3 Å². The van der Waals surface area contributed by atoms with Crippen molar-refractivity contribution in [3.63, 3.8) is 0 Å². The van der Waals surface area contributed by atoms with Crippen LogP contribution in [-0.4, -0.2) is 16.1 Å². The molecule has 0 unspecified atom stereocenters. The molecule has 0 saturated heterocycles. The first kappa shape index (κ1) is 10.3. The average Bonchev–Trinajstić information content (AvgIpc) is 2.07. The maximum absolute atomic E-state index is 10.3. The second-order valence-electron chi connectivity index (χ2n) is 2.35. The number of carboxylic acid groups (broad SMARTS) is 1. The van der Waals surface area contributed by atoms with E-state index in [1.807, 2.05) is 5.32 Å². The molecule has 0 aliphatic carbocycles. The zero-order chi connectivity index (χ0) is 10.7. The highest BCUT2D eigenvalue weighted by atomic mass is 35.5. The maximum atomic E-state index is 10.3. The van der Waals surface area contributed by atoms with Crippen LogP contribution in [0.3, 0.4) is 0 Å². The van der Waals surface area contributed by atoms with Gasteiger partial charge in [0.25, 0.3) is 5.69 Å². The van der Waals surface area contributed by atoms with Crippen LogP contribution in [0.15, 0.2) is 18.2 Å². The molecule has 1 aromatic rings. The summed E-state index contributed by atoms with van der Waals surface area (Å²) in [6, 6.07) is 3.47. The lowest BCUT2D eigenvalue weighted by Crippen LogP contribution is -2.07. The third-order valence-electron chi connectivity index (χ3n) is 1.41. The van der Waals surface area contributed by atoms with E-state index >= 15 is 0 Å². The average molecular weight is 217 g/mol. The summed E-state index contributed by atoms with van der Waals surface area (Å²) in [6.45, 7) is 0. The highest BCUT2D eigenvalue weighted by Gasteiger charge is 2.10. The Morgan fingerprint density at radius 1 is 1.57 bits per heavy atom. The molecule has 1 aromatic carbocycles. The number of nitrogens with one attached hydrogen (secondary N) is 1. The van der Waals surface area contributed by atoms with Crippen molar-refractivity contribution in [3.8, 4) is 0 Å². The summed E-state index contributed by atoms with van der Waals surface area (Å²) in [4.78, 5) is 19.9. The summed E-state index contributed by atoms with van der Waals surface area (Å²) in [5, 5.41) is 20.7. The second kappa shape index (κ2) is 3.93. The minimum atomic E-state index is -1.28. The predicted octanol–water partition coefficient (Wildman–Crippen LogP) is 2.34. The van der Waals surface area contributed by atoms with E-state index in [9.17, 15) is 14.9 Å². The number of halogens is 1. The molecule has 0 fully saturated rings. The Morgan fingerprint density at radius 2 is 2.21 bits per heavy atom. The zero-order valence-electron chi connectivity index (χ0n) is 6.73. The van der Waals surface area contributed by atoms with Gasteiger partial charge in [-0.2, -0.15) is 0 Å². The smallest absolute Gasteiger partial charge is 0.409 e. The van der Waals surface area contributed by atoms with Crippen molar-refractivity contribution in [1.29, 1.82) is 0 Å². The number of rotatable bonds is 2. The van der Waals surface area contributed by atoms with E-state index < -0.39 is 11.0 Å². The van der Waals surface area contributed by atoms with E-state index in [1.165, 1.54) is 6.07 Å². The van der Waals surface area contributed by atoms with E-state index in [-0.39, 0.29) is 16.4 Å². The van der Waals surface area contributed by atoms with Crippen LogP contribution in [0, 0.1) is 10.1 Å². The van der Waals surface area contributed by atoms with Gasteiger partial charge in [0.15, 0.2) is 0 Å². The van der Waals surface area contributed by atoms with E-state index in [1.54, 1.807) is 0 Å². The monoisotopic (exact) mass is 216 g/mol. The molecule has 7 heteroatoms. The fraction of sp³-hybridized carbons (Fsp3) is 0. The summed E-state index contributed by atoms with van der Waals surface area (Å²) in [6.07, 6.45) is -1.28. The lowest BCUT2D eigenvalue weighted by Gasteiger charge is -2.02. The van der Waals surface area contributed by atoms with Crippen molar-refractivity contribution < 1.29 is 14.8 Å². The van der Waals surface area contributed by atoms with E-state index in [0.29, 0.717) is 0 Å². The van der Waals surface area contributed by atoms with Gasteiger partial charge < -0.3 is 5.11 Å². The Hall–Kier alpha value is -1.82. The van der Waals surface area contributed by atoms with Crippen molar-refractivity contribution in [1.82, 2.24) is 0 Å². The highest BCUT2D eigenvalue weighted by Crippen LogP contribution is 2.26. The van der Waals surface area contributed by atoms with Gasteiger partial charge in [0.05, 0.1) is 15.6 Å². The molecule has 0 aliphatic rings. The minimum Gasteiger partial charge on any atom is -0.465 e. The predicted molar refractivity (Wildman–Crippen MR) is 49.8 cm³/mol. The molecular weight excluding hydrogens is 212 g/mol. The largest absolute Gasteiger partial charge is 0.465 e. The molecule has 0 atom stereocenters. The van der Waals surface area contributed by atoms with Gasteiger partial charge in [0, 0.05) is 12.1 Å². The first-order chi connectivity index (χ1) is 6.50. The number of nitrogens with zero attached hydrogens (tertiary/aromatic N) is 1. The molecule has 1 amide bonds. The quantitative estimate of drug-likeness (QED) is 0.586. The van der Waals surface area contributed by atoms with Gasteiger partial charge in [-0.25, -0.2) is 4.79 Å². The molecule has 74 valence electrons. The number of hydrogen-bond donors (Lipinski definition) is 2. The SMILES string of the molecule is O=C(O)Nc1ccc([N+](=O)[O-])cc1Cl. The number of amides is 1.